The fourth-order valence-corrected chi connectivity index (χ4v) is 13.6. The van der Waals surface area contributed by atoms with Gasteiger partial charge in [-0.25, -0.2) is 0 Å². The van der Waals surface area contributed by atoms with E-state index in [1.54, 1.807) is 0 Å². The largest absolute Gasteiger partial charge is 0.463 e. The van der Waals surface area contributed by atoms with Crippen molar-refractivity contribution in [1.82, 2.24) is 10.2 Å². The molecule has 12 unspecified atom stereocenters. The second-order valence-electron chi connectivity index (χ2n) is 18.3. The van der Waals surface area contributed by atoms with Crippen LogP contribution < -0.4 is 5.32 Å². The molecule has 12 nitrogen and oxygen atoms in total. The van der Waals surface area contributed by atoms with Crippen molar-refractivity contribution in [2.45, 2.75) is 135 Å². The number of nitrogens with one attached hydrogen (secondary N) is 1. The number of aliphatic hydroxyl groups excluding tert-OH is 1. The molecule has 4 aliphatic carbocycles. The van der Waals surface area contributed by atoms with Gasteiger partial charge >= 0.3 is 5.97 Å². The van der Waals surface area contributed by atoms with Gasteiger partial charge in [-0.2, -0.15) is 0 Å². The number of aliphatic hydroxyl groups is 1. The molecular weight excluding hydrogens is 731 g/mol. The quantitative estimate of drug-likeness (QED) is 0.0303. The van der Waals surface area contributed by atoms with Crippen LogP contribution in [-0.4, -0.2) is 83.2 Å². The van der Waals surface area contributed by atoms with Crippen molar-refractivity contribution in [2.75, 3.05) is 32.1 Å². The first-order valence-electron chi connectivity index (χ1n) is 21.1. The molecule has 2 N–H and O–H groups in total. The van der Waals surface area contributed by atoms with Crippen LogP contribution in [-0.2, 0) is 28.7 Å². The van der Waals surface area contributed by atoms with Crippen molar-refractivity contribution in [3.8, 4) is 12.3 Å². The Morgan fingerprint density at radius 2 is 1.86 bits per heavy atom. The molecule has 6 aliphatic rings. The Kier molecular flexibility index (Phi) is 13.9. The molecule has 1 saturated heterocycles. The number of Topliss-reactive ketones (excluding diaryl/α,β-unsaturated/α-hetero) is 1. The Morgan fingerprint density at radius 1 is 1.09 bits per heavy atom. The smallest absolute Gasteiger partial charge is 0.306 e. The van der Waals surface area contributed by atoms with E-state index in [9.17, 15) is 24.3 Å². The highest BCUT2D eigenvalue weighted by atomic mass is 32.2. The minimum atomic E-state index is -0.698. The van der Waals surface area contributed by atoms with Crippen molar-refractivity contribution < 1.29 is 33.8 Å². The Hall–Kier alpha value is -3.04. The topological polar surface area (TPSA) is 171 Å². The summed E-state index contributed by atoms with van der Waals surface area (Å²) in [5.41, 5.74) is 10.7. The van der Waals surface area contributed by atoms with E-state index in [1.807, 2.05) is 6.92 Å². The maximum Gasteiger partial charge on any atom is 0.306 e. The van der Waals surface area contributed by atoms with Gasteiger partial charge in [0.25, 0.3) is 5.91 Å². The van der Waals surface area contributed by atoms with E-state index in [0.717, 1.165) is 49.0 Å². The third-order valence-electron chi connectivity index (χ3n) is 15.2. The zero-order chi connectivity index (χ0) is 40.2. The molecule has 2 amide bonds. The second-order valence-corrected chi connectivity index (χ2v) is 19.4. The van der Waals surface area contributed by atoms with Crippen molar-refractivity contribution in [3.05, 3.63) is 21.7 Å². The van der Waals surface area contributed by atoms with E-state index in [-0.39, 0.29) is 61.7 Å². The van der Waals surface area contributed by atoms with Crippen LogP contribution in [0.4, 0.5) is 0 Å². The lowest BCUT2D eigenvalue weighted by Crippen LogP contribution is -2.70. The number of β-lactam (4-membered cyclic amide) rings is 1. The summed E-state index contributed by atoms with van der Waals surface area (Å²) in [5, 5.41) is 16.7. The minimum absolute atomic E-state index is 0.0394. The normalized spacial score (nSPS) is 35.6. The number of terminal acetylenes is 1. The molecule has 0 radical (unpaired) electrons. The Morgan fingerprint density at radius 3 is 2.62 bits per heavy atom. The average molecular weight is 794 g/mol. The number of nitrogens with zero attached hydrogens (tertiary/aromatic N) is 4. The van der Waals surface area contributed by atoms with E-state index in [0.29, 0.717) is 59.5 Å². The van der Waals surface area contributed by atoms with Crippen LogP contribution in [0.3, 0.4) is 0 Å². The lowest BCUT2D eigenvalue weighted by atomic mass is 9.44. The molecule has 12 atom stereocenters. The fraction of sp³-hybridized carbons (Fsp3) is 0.814. The van der Waals surface area contributed by atoms with Crippen molar-refractivity contribution >= 4 is 35.3 Å². The standard InChI is InChI=1S/C43H63N5O7S/c1-6-7-18-54-19-20-55-37(52)22-28(24-45-47-44)21-35(50)39-27(3)25-56-41-38(40(53)48(39)41)46-36(51)13-8-26(2)32-11-12-33-31-10-9-29-23-30(49)14-16-42(29,4)34(31)15-17-43(32,33)5/h1,26,28-34,38,41,49H,7-25H2,2-5H3,(H,46,51). The molecule has 0 bridgehead atoms. The number of allylic oxidation sites excluding steroid dienone is 1. The highest BCUT2D eigenvalue weighted by molar-refractivity contribution is 8.00. The summed E-state index contributed by atoms with van der Waals surface area (Å²) >= 11 is 1.53. The molecule has 5 fully saturated rings. The van der Waals surface area contributed by atoms with Crippen LogP contribution in [0.5, 0.6) is 0 Å². The molecule has 4 saturated carbocycles. The number of fused-ring (bicyclic) bond motifs is 6. The van der Waals surface area contributed by atoms with E-state index in [4.69, 9.17) is 21.4 Å². The Balaban J connectivity index is 0.985. The predicted molar refractivity (Wildman–Crippen MR) is 214 cm³/mol. The molecular formula is C43H63N5O7S. The molecule has 308 valence electrons. The van der Waals surface area contributed by atoms with Crippen molar-refractivity contribution in [1.29, 1.82) is 0 Å². The van der Waals surface area contributed by atoms with E-state index < -0.39 is 17.9 Å². The first-order valence-corrected chi connectivity index (χ1v) is 22.2. The van der Waals surface area contributed by atoms with Gasteiger partial charge < -0.3 is 19.9 Å². The number of esters is 1. The van der Waals surface area contributed by atoms with Gasteiger partial charge in [-0.3, -0.25) is 24.1 Å². The molecule has 0 spiro atoms. The molecule has 56 heavy (non-hydrogen) atoms. The van der Waals surface area contributed by atoms with Crippen LogP contribution >= 0.6 is 11.8 Å². The van der Waals surface area contributed by atoms with Gasteiger partial charge in [-0.1, -0.05) is 25.9 Å². The second kappa shape index (κ2) is 18.3. The summed E-state index contributed by atoms with van der Waals surface area (Å²) in [5.74, 6) is 5.04. The summed E-state index contributed by atoms with van der Waals surface area (Å²) in [4.78, 5) is 57.5. The van der Waals surface area contributed by atoms with Gasteiger partial charge in [-0.15, -0.1) is 24.1 Å². The zero-order valence-electron chi connectivity index (χ0n) is 33.9. The van der Waals surface area contributed by atoms with Gasteiger partial charge in [0.2, 0.25) is 5.91 Å². The molecule has 13 heteroatoms. The summed E-state index contributed by atoms with van der Waals surface area (Å²) < 4.78 is 10.5. The van der Waals surface area contributed by atoms with Crippen molar-refractivity contribution in [3.63, 3.8) is 0 Å². The van der Waals surface area contributed by atoms with Crippen LogP contribution in [0, 0.1) is 64.6 Å². The first-order chi connectivity index (χ1) is 26.8. The average Bonchev–Trinajstić information content (AvgIpc) is 3.53. The first kappa shape index (κ1) is 42.6. The monoisotopic (exact) mass is 793 g/mol. The number of thioether (sulfide) groups is 1. The summed E-state index contributed by atoms with van der Waals surface area (Å²) in [6.07, 6.45) is 17.2. The van der Waals surface area contributed by atoms with Gasteiger partial charge in [0.15, 0.2) is 5.78 Å². The van der Waals surface area contributed by atoms with Crippen LogP contribution in [0.1, 0.15) is 118 Å². The number of ether oxygens (including phenoxy) is 2. The van der Waals surface area contributed by atoms with E-state index in [2.05, 4.69) is 42.0 Å². The number of carbonyl (C=O) groups excluding carboxylic acids is 4. The number of hydrogen-bond donors (Lipinski definition) is 2. The van der Waals surface area contributed by atoms with Gasteiger partial charge in [0, 0.05) is 42.9 Å². The van der Waals surface area contributed by atoms with Gasteiger partial charge in [0.1, 0.15) is 18.0 Å². The maximum atomic E-state index is 13.7. The molecule has 2 heterocycles. The molecule has 6 rings (SSSR count). The maximum absolute atomic E-state index is 13.7. The third-order valence-corrected chi connectivity index (χ3v) is 16.6. The van der Waals surface area contributed by atoms with Crippen LogP contribution in [0.2, 0.25) is 0 Å². The molecule has 2 aliphatic heterocycles. The van der Waals surface area contributed by atoms with E-state index in [1.165, 1.54) is 55.2 Å². The number of amides is 2. The predicted octanol–water partition coefficient (Wildman–Crippen LogP) is 6.96. The molecule has 0 aromatic heterocycles. The van der Waals surface area contributed by atoms with Crippen LogP contribution in [0.25, 0.3) is 10.4 Å². The Bertz CT molecular complexity index is 1620. The number of hydrogen-bond acceptors (Lipinski definition) is 9. The number of ketones is 1. The number of rotatable bonds is 17. The van der Waals surface area contributed by atoms with Crippen molar-refractivity contribution in [2.24, 2.45) is 57.4 Å². The minimum Gasteiger partial charge on any atom is -0.463 e. The zero-order valence-corrected chi connectivity index (χ0v) is 34.7. The lowest BCUT2D eigenvalue weighted by Gasteiger charge is -2.61. The molecule has 0 aromatic carbocycles. The SMILES string of the molecule is C#CCCOCCOC(=O)CC(CN=[N+]=[N-])CC(=O)C1=C(C)CSC2C(NC(=O)CCC(C)C3CCC4C5CCC6CC(O)CCC6(C)C5CCC34C)C(=O)N12. The van der Waals surface area contributed by atoms with Gasteiger partial charge in [-0.05, 0) is 134 Å². The highest BCUT2D eigenvalue weighted by Gasteiger charge is 2.60. The fourth-order valence-electron chi connectivity index (χ4n) is 12.3. The summed E-state index contributed by atoms with van der Waals surface area (Å²) in [7, 11) is 0. The summed E-state index contributed by atoms with van der Waals surface area (Å²) in [6.45, 7) is 9.76. The lowest BCUT2D eigenvalue weighted by molar-refractivity contribution is -0.148. The highest BCUT2D eigenvalue weighted by Crippen LogP contribution is 2.68. The number of azide groups is 1. The number of carbonyl (C=O) groups is 4. The van der Waals surface area contributed by atoms with E-state index >= 15 is 0 Å². The van der Waals surface area contributed by atoms with Crippen LogP contribution in [0.15, 0.2) is 16.4 Å². The molecule has 0 aromatic rings. The summed E-state index contributed by atoms with van der Waals surface area (Å²) in [6, 6.07) is -0.698. The Labute approximate surface area is 337 Å². The third kappa shape index (κ3) is 8.69. The van der Waals surface area contributed by atoms with Gasteiger partial charge in [0.05, 0.1) is 25.0 Å².